The molecule has 0 aliphatic carbocycles. The van der Waals surface area contributed by atoms with Crippen LogP contribution in [0.1, 0.15) is 10.4 Å². The van der Waals surface area contributed by atoms with E-state index in [2.05, 4.69) is 0 Å². The third-order valence-electron chi connectivity index (χ3n) is 1.00. The van der Waals surface area contributed by atoms with Crippen molar-refractivity contribution in [3.05, 3.63) is 35.9 Å². The molecule has 46 valence electrons. The SMILES string of the molecule is O=C([37Cl])c1ccccc1. The van der Waals surface area contributed by atoms with Crippen molar-refractivity contribution in [2.45, 2.75) is 0 Å². The Morgan fingerprint density at radius 2 is 1.78 bits per heavy atom. The molecule has 0 unspecified atom stereocenters. The zero-order valence-electron chi connectivity index (χ0n) is 4.67. The molecule has 1 nitrogen and oxygen atoms in total. The first-order valence-electron chi connectivity index (χ1n) is 2.55. The molecule has 0 fully saturated rings. The van der Waals surface area contributed by atoms with Gasteiger partial charge in [0, 0.05) is 5.56 Å². The lowest BCUT2D eigenvalue weighted by Crippen LogP contribution is -1.84. The van der Waals surface area contributed by atoms with Gasteiger partial charge in [-0.1, -0.05) is 30.3 Å². The summed E-state index contributed by atoms with van der Waals surface area (Å²) >= 11 is 5.16. The second-order valence-electron chi connectivity index (χ2n) is 1.64. The van der Waals surface area contributed by atoms with Gasteiger partial charge in [0.15, 0.2) is 0 Å². The minimum atomic E-state index is -0.407. The summed E-state index contributed by atoms with van der Waals surface area (Å²) in [6.45, 7) is 0. The summed E-state index contributed by atoms with van der Waals surface area (Å²) in [5.41, 5.74) is 0.541. The van der Waals surface area contributed by atoms with E-state index < -0.39 is 5.24 Å². The largest absolute Gasteiger partial charge is 0.276 e. The van der Waals surface area contributed by atoms with E-state index in [1.807, 2.05) is 6.07 Å². The number of carbonyl (C=O) groups excluding carboxylic acids is 1. The molecule has 1 rings (SSSR count). The van der Waals surface area contributed by atoms with Crippen LogP contribution < -0.4 is 0 Å². The van der Waals surface area contributed by atoms with Crippen molar-refractivity contribution in [2.75, 3.05) is 0 Å². The quantitative estimate of drug-likeness (QED) is 0.548. The summed E-state index contributed by atoms with van der Waals surface area (Å²) in [5.74, 6) is 0. The normalized spacial score (nSPS) is 9.00. The van der Waals surface area contributed by atoms with Crippen LogP contribution in [0.25, 0.3) is 0 Å². The van der Waals surface area contributed by atoms with Crippen LogP contribution in [0.2, 0.25) is 0 Å². The van der Waals surface area contributed by atoms with Crippen molar-refractivity contribution < 1.29 is 4.79 Å². The highest BCUT2D eigenvalue weighted by atomic mass is 37.0. The van der Waals surface area contributed by atoms with Gasteiger partial charge in [-0.3, -0.25) is 4.79 Å². The molecular formula is C7H5ClO. The number of benzene rings is 1. The van der Waals surface area contributed by atoms with Gasteiger partial charge in [-0.15, -0.1) is 0 Å². The summed E-state index contributed by atoms with van der Waals surface area (Å²) in [4.78, 5) is 10.4. The summed E-state index contributed by atoms with van der Waals surface area (Å²) in [7, 11) is 0. The topological polar surface area (TPSA) is 17.1 Å². The van der Waals surface area contributed by atoms with Crippen LogP contribution in [0.4, 0.5) is 0 Å². The second-order valence-corrected chi connectivity index (χ2v) is 1.98. The fourth-order valence-corrected chi connectivity index (χ4v) is 0.695. The van der Waals surface area contributed by atoms with Gasteiger partial charge in [0.2, 0.25) is 0 Å². The number of hydrogen-bond acceptors (Lipinski definition) is 1. The molecule has 0 aliphatic heterocycles. The number of halogens is 1. The third kappa shape index (κ3) is 1.54. The van der Waals surface area contributed by atoms with Gasteiger partial charge in [0.1, 0.15) is 0 Å². The molecule has 0 bridgehead atoms. The lowest BCUT2D eigenvalue weighted by molar-refractivity contribution is 0.108. The molecular weight excluding hydrogens is 137 g/mol. The van der Waals surface area contributed by atoms with Crippen molar-refractivity contribution in [1.82, 2.24) is 0 Å². The van der Waals surface area contributed by atoms with E-state index >= 15 is 0 Å². The summed E-state index contributed by atoms with van der Waals surface area (Å²) < 4.78 is 0. The van der Waals surface area contributed by atoms with Crippen LogP contribution in [0, 0.1) is 0 Å². The Labute approximate surface area is 58.3 Å². The van der Waals surface area contributed by atoms with E-state index in [9.17, 15) is 4.79 Å². The van der Waals surface area contributed by atoms with E-state index in [0.717, 1.165) is 0 Å². The van der Waals surface area contributed by atoms with E-state index in [-0.39, 0.29) is 0 Å². The standard InChI is InChI=1S/C7H5ClO/c8-7(9)6-4-2-1-3-5-6/h1-5H/i8+2. The summed E-state index contributed by atoms with van der Waals surface area (Å²) in [6.07, 6.45) is 0. The Bertz CT molecular complexity index is 205. The van der Waals surface area contributed by atoms with Crippen LogP contribution in [-0.2, 0) is 0 Å². The van der Waals surface area contributed by atoms with Crippen LogP contribution in [-0.4, -0.2) is 5.24 Å². The molecule has 0 N–H and O–H groups in total. The van der Waals surface area contributed by atoms with E-state index in [1.54, 1.807) is 24.3 Å². The molecule has 0 aromatic heterocycles. The Hall–Kier alpha value is -0.820. The zero-order chi connectivity index (χ0) is 6.69. The minimum Gasteiger partial charge on any atom is -0.276 e. The summed E-state index contributed by atoms with van der Waals surface area (Å²) in [5, 5.41) is -0.407. The second kappa shape index (κ2) is 2.65. The molecule has 2 heteroatoms. The fourth-order valence-electron chi connectivity index (χ4n) is 0.569. The molecule has 0 amide bonds. The predicted octanol–water partition coefficient (Wildman–Crippen LogP) is 2.07. The lowest BCUT2D eigenvalue weighted by Gasteiger charge is -1.87. The lowest BCUT2D eigenvalue weighted by atomic mass is 10.2. The van der Waals surface area contributed by atoms with Crippen LogP contribution >= 0.6 is 11.6 Å². The molecule has 0 atom stereocenters. The van der Waals surface area contributed by atoms with Crippen LogP contribution in [0.3, 0.4) is 0 Å². The minimum absolute atomic E-state index is 0.407. The molecule has 0 saturated carbocycles. The number of hydrogen-bond donors (Lipinski definition) is 0. The van der Waals surface area contributed by atoms with Gasteiger partial charge in [-0.2, -0.15) is 0 Å². The molecule has 9 heavy (non-hydrogen) atoms. The Balaban J connectivity index is 2.98. The Morgan fingerprint density at radius 1 is 1.22 bits per heavy atom. The maximum absolute atomic E-state index is 10.4. The third-order valence-corrected chi connectivity index (χ3v) is 1.22. The summed E-state index contributed by atoms with van der Waals surface area (Å²) in [6, 6.07) is 8.74. The maximum Gasteiger partial charge on any atom is 0.252 e. The molecule has 1 aromatic carbocycles. The Morgan fingerprint density at radius 3 is 2.11 bits per heavy atom. The van der Waals surface area contributed by atoms with E-state index in [4.69, 9.17) is 11.6 Å². The highest BCUT2D eigenvalue weighted by molar-refractivity contribution is 6.67. The van der Waals surface area contributed by atoms with E-state index in [0.29, 0.717) is 5.56 Å². The van der Waals surface area contributed by atoms with Gasteiger partial charge >= 0.3 is 0 Å². The smallest absolute Gasteiger partial charge is 0.252 e. The first kappa shape index (κ1) is 6.30. The molecule has 0 spiro atoms. The average molecular weight is 142 g/mol. The highest BCUT2D eigenvalue weighted by Gasteiger charge is 1.95. The van der Waals surface area contributed by atoms with Gasteiger partial charge in [-0.25, -0.2) is 0 Å². The van der Waals surface area contributed by atoms with Gasteiger partial charge in [0.25, 0.3) is 5.24 Å². The van der Waals surface area contributed by atoms with Crippen LogP contribution in [0.15, 0.2) is 30.3 Å². The Kier molecular flexibility index (Phi) is 1.85. The predicted molar refractivity (Wildman–Crippen MR) is 36.6 cm³/mol. The first-order valence-corrected chi connectivity index (χ1v) is 2.93. The number of rotatable bonds is 1. The van der Waals surface area contributed by atoms with Crippen molar-refractivity contribution in [1.29, 1.82) is 0 Å². The molecule has 0 aliphatic rings. The molecule has 0 heterocycles. The first-order chi connectivity index (χ1) is 4.30. The van der Waals surface area contributed by atoms with Crippen molar-refractivity contribution in [3.63, 3.8) is 0 Å². The van der Waals surface area contributed by atoms with Crippen molar-refractivity contribution in [3.8, 4) is 0 Å². The molecule has 0 radical (unpaired) electrons. The van der Waals surface area contributed by atoms with Gasteiger partial charge in [-0.05, 0) is 11.6 Å². The van der Waals surface area contributed by atoms with Gasteiger partial charge < -0.3 is 0 Å². The van der Waals surface area contributed by atoms with E-state index in [1.165, 1.54) is 0 Å². The monoisotopic (exact) mass is 142 g/mol. The maximum atomic E-state index is 10.4. The fraction of sp³-hybridized carbons (Fsp3) is 0. The average Bonchev–Trinajstić information content (AvgIpc) is 1.90. The zero-order valence-corrected chi connectivity index (χ0v) is 5.43. The molecule has 0 saturated heterocycles. The van der Waals surface area contributed by atoms with Crippen molar-refractivity contribution in [2.24, 2.45) is 0 Å². The van der Waals surface area contributed by atoms with Gasteiger partial charge in [0.05, 0.1) is 0 Å². The molecule has 1 aromatic rings. The van der Waals surface area contributed by atoms with Crippen LogP contribution in [0.5, 0.6) is 0 Å². The number of carbonyl (C=O) groups is 1. The highest BCUT2D eigenvalue weighted by Crippen LogP contribution is 2.01. The van der Waals surface area contributed by atoms with Crippen molar-refractivity contribution >= 4 is 16.8 Å².